The summed E-state index contributed by atoms with van der Waals surface area (Å²) in [5, 5.41) is 2.33. The van der Waals surface area contributed by atoms with Crippen molar-refractivity contribution in [1.82, 2.24) is 4.98 Å². The van der Waals surface area contributed by atoms with E-state index in [1.165, 1.54) is 42.6 Å². The van der Waals surface area contributed by atoms with Gasteiger partial charge in [-0.15, -0.1) is 0 Å². The van der Waals surface area contributed by atoms with Crippen LogP contribution in [-0.4, -0.2) is 19.3 Å². The van der Waals surface area contributed by atoms with Gasteiger partial charge < -0.3 is 5.32 Å². The van der Waals surface area contributed by atoms with Crippen molar-refractivity contribution in [3.05, 3.63) is 77.4 Å². The van der Waals surface area contributed by atoms with Crippen LogP contribution < -0.4 is 9.62 Å². The van der Waals surface area contributed by atoms with Crippen molar-refractivity contribution in [3.8, 4) is 0 Å². The molecule has 32 heavy (non-hydrogen) atoms. The van der Waals surface area contributed by atoms with Crippen molar-refractivity contribution in [2.75, 3.05) is 9.62 Å². The van der Waals surface area contributed by atoms with Crippen LogP contribution >= 0.6 is 11.6 Å². The molecule has 1 aromatic heterocycles. The SMILES string of the molecule is CCC(=O)Nc1ccnc(N(c2cc(C(F)(F)F)ccc2Cl)S(=O)(=O)c2ccccc2)c1. The molecule has 1 heterocycles. The lowest BCUT2D eigenvalue weighted by atomic mass is 10.2. The van der Waals surface area contributed by atoms with Gasteiger partial charge >= 0.3 is 6.18 Å². The highest BCUT2D eigenvalue weighted by Crippen LogP contribution is 2.40. The number of hydrogen-bond acceptors (Lipinski definition) is 4. The molecule has 2 aromatic carbocycles. The van der Waals surface area contributed by atoms with Gasteiger partial charge in [0.15, 0.2) is 0 Å². The maximum atomic E-state index is 13.5. The Morgan fingerprint density at radius 2 is 1.78 bits per heavy atom. The van der Waals surface area contributed by atoms with Gasteiger partial charge in [-0.25, -0.2) is 17.7 Å². The Hall–Kier alpha value is -3.11. The molecule has 3 rings (SSSR count). The minimum Gasteiger partial charge on any atom is -0.326 e. The molecule has 0 bridgehead atoms. The molecule has 0 aliphatic rings. The van der Waals surface area contributed by atoms with E-state index in [2.05, 4.69) is 10.3 Å². The monoisotopic (exact) mass is 483 g/mol. The number of pyridine rings is 1. The van der Waals surface area contributed by atoms with Crippen LogP contribution in [0.3, 0.4) is 0 Å². The van der Waals surface area contributed by atoms with E-state index in [-0.39, 0.29) is 33.8 Å². The first-order valence-electron chi connectivity index (χ1n) is 9.27. The summed E-state index contributed by atoms with van der Waals surface area (Å²) < 4.78 is 67.7. The Bertz CT molecular complexity index is 1240. The van der Waals surface area contributed by atoms with E-state index < -0.39 is 27.5 Å². The van der Waals surface area contributed by atoms with Crippen molar-refractivity contribution in [3.63, 3.8) is 0 Å². The van der Waals surface area contributed by atoms with E-state index >= 15 is 0 Å². The van der Waals surface area contributed by atoms with Gasteiger partial charge in [0.05, 0.1) is 21.2 Å². The van der Waals surface area contributed by atoms with Crippen LogP contribution in [0.2, 0.25) is 5.02 Å². The van der Waals surface area contributed by atoms with Crippen LogP contribution in [0.4, 0.5) is 30.4 Å². The zero-order chi connectivity index (χ0) is 23.5. The molecule has 168 valence electrons. The number of carbonyl (C=O) groups is 1. The Kier molecular flexibility index (Phi) is 6.75. The van der Waals surface area contributed by atoms with E-state index in [9.17, 15) is 26.4 Å². The Morgan fingerprint density at radius 1 is 1.09 bits per heavy atom. The summed E-state index contributed by atoms with van der Waals surface area (Å²) in [5.41, 5.74) is -1.30. The standard InChI is InChI=1S/C21H17ClF3N3O3S/c1-2-20(29)27-15-10-11-26-19(13-15)28(32(30,31)16-6-4-3-5-7-16)18-12-14(21(23,24)25)8-9-17(18)22/h3-13H,2H2,1H3,(H,26,27,29). The quantitative estimate of drug-likeness (QED) is 0.493. The van der Waals surface area contributed by atoms with Crippen molar-refractivity contribution in [1.29, 1.82) is 0 Å². The van der Waals surface area contributed by atoms with Gasteiger partial charge in [-0.2, -0.15) is 13.2 Å². The summed E-state index contributed by atoms with van der Waals surface area (Å²) in [6.45, 7) is 1.63. The first kappa shape index (κ1) is 23.6. The van der Waals surface area contributed by atoms with E-state index in [0.717, 1.165) is 12.1 Å². The molecule has 11 heteroatoms. The molecule has 0 spiro atoms. The molecule has 0 fully saturated rings. The van der Waals surface area contributed by atoms with Gasteiger partial charge in [-0.1, -0.05) is 36.7 Å². The average molecular weight is 484 g/mol. The number of alkyl halides is 3. The number of sulfonamides is 1. The number of rotatable bonds is 6. The predicted octanol–water partition coefficient (Wildman–Crippen LogP) is 5.63. The largest absolute Gasteiger partial charge is 0.416 e. The van der Waals surface area contributed by atoms with Gasteiger partial charge in [-0.05, 0) is 36.4 Å². The number of benzene rings is 2. The highest BCUT2D eigenvalue weighted by atomic mass is 35.5. The Labute approximate surface area is 187 Å². The Morgan fingerprint density at radius 3 is 2.41 bits per heavy atom. The lowest BCUT2D eigenvalue weighted by Crippen LogP contribution is -2.28. The lowest BCUT2D eigenvalue weighted by molar-refractivity contribution is -0.137. The van der Waals surface area contributed by atoms with Gasteiger partial charge in [0, 0.05) is 24.4 Å². The van der Waals surface area contributed by atoms with Crippen LogP contribution in [-0.2, 0) is 21.0 Å². The smallest absolute Gasteiger partial charge is 0.326 e. The number of carbonyl (C=O) groups excluding carboxylic acids is 1. The van der Waals surface area contributed by atoms with Crippen molar-refractivity contribution in [2.24, 2.45) is 0 Å². The van der Waals surface area contributed by atoms with E-state index in [4.69, 9.17) is 11.6 Å². The summed E-state index contributed by atoms with van der Waals surface area (Å²) in [6.07, 6.45) is -3.33. The second-order valence-corrected chi connectivity index (χ2v) is 8.74. The van der Waals surface area contributed by atoms with E-state index in [1.54, 1.807) is 13.0 Å². The number of anilines is 3. The van der Waals surface area contributed by atoms with E-state index in [0.29, 0.717) is 10.4 Å². The molecule has 1 N–H and O–H groups in total. The summed E-state index contributed by atoms with van der Waals surface area (Å²) in [5.74, 6) is -0.583. The fourth-order valence-electron chi connectivity index (χ4n) is 2.78. The molecule has 0 aliphatic carbocycles. The molecule has 0 unspecified atom stereocenters. The zero-order valence-corrected chi connectivity index (χ0v) is 18.2. The minimum atomic E-state index is -4.73. The molecule has 1 amide bonds. The van der Waals surface area contributed by atoms with Crippen molar-refractivity contribution in [2.45, 2.75) is 24.4 Å². The first-order valence-corrected chi connectivity index (χ1v) is 11.1. The maximum absolute atomic E-state index is 13.5. The number of halogens is 4. The summed E-state index contributed by atoms with van der Waals surface area (Å²) in [7, 11) is -4.44. The normalized spacial score (nSPS) is 11.8. The highest BCUT2D eigenvalue weighted by Gasteiger charge is 2.35. The molecule has 0 saturated carbocycles. The van der Waals surface area contributed by atoms with Crippen molar-refractivity contribution < 1.29 is 26.4 Å². The highest BCUT2D eigenvalue weighted by molar-refractivity contribution is 7.93. The molecule has 3 aromatic rings. The van der Waals surface area contributed by atoms with Crippen LogP contribution in [0.5, 0.6) is 0 Å². The van der Waals surface area contributed by atoms with E-state index in [1.807, 2.05) is 0 Å². The van der Waals surface area contributed by atoms with Crippen LogP contribution in [0.25, 0.3) is 0 Å². The molecule has 0 atom stereocenters. The second kappa shape index (κ2) is 9.17. The molecular weight excluding hydrogens is 467 g/mol. The fraction of sp³-hybridized carbons (Fsp3) is 0.143. The number of aromatic nitrogens is 1. The molecule has 0 saturated heterocycles. The van der Waals surface area contributed by atoms with Gasteiger partial charge in [0.25, 0.3) is 10.0 Å². The van der Waals surface area contributed by atoms with Crippen LogP contribution in [0, 0.1) is 0 Å². The second-order valence-electron chi connectivity index (χ2n) is 6.55. The van der Waals surface area contributed by atoms with Crippen LogP contribution in [0.15, 0.2) is 71.8 Å². The summed E-state index contributed by atoms with van der Waals surface area (Å²) in [4.78, 5) is 15.6. The average Bonchev–Trinajstić information content (AvgIpc) is 2.75. The third-order valence-corrected chi connectivity index (χ3v) is 6.38. The van der Waals surface area contributed by atoms with Gasteiger partial charge in [0.2, 0.25) is 5.91 Å². The Balaban J connectivity index is 2.25. The fourth-order valence-corrected chi connectivity index (χ4v) is 4.50. The number of nitrogens with one attached hydrogen (secondary N) is 1. The minimum absolute atomic E-state index is 0.170. The predicted molar refractivity (Wildman–Crippen MR) is 115 cm³/mol. The molecular formula is C21H17ClF3N3O3S. The van der Waals surface area contributed by atoms with Crippen molar-refractivity contribution >= 4 is 44.7 Å². The number of amides is 1. The third kappa shape index (κ3) is 5.03. The molecule has 0 radical (unpaired) electrons. The third-order valence-electron chi connectivity index (χ3n) is 4.33. The van der Waals surface area contributed by atoms with Gasteiger partial charge in [-0.3, -0.25) is 4.79 Å². The zero-order valence-electron chi connectivity index (χ0n) is 16.6. The molecule has 6 nitrogen and oxygen atoms in total. The van der Waals surface area contributed by atoms with Crippen LogP contribution in [0.1, 0.15) is 18.9 Å². The topological polar surface area (TPSA) is 79.4 Å². The summed E-state index contributed by atoms with van der Waals surface area (Å²) >= 11 is 6.16. The molecule has 0 aliphatic heterocycles. The first-order chi connectivity index (χ1) is 15.0. The summed E-state index contributed by atoms with van der Waals surface area (Å²) in [6, 6.07) is 12.2. The van der Waals surface area contributed by atoms with Gasteiger partial charge in [0.1, 0.15) is 5.82 Å². The lowest BCUT2D eigenvalue weighted by Gasteiger charge is -2.25. The number of hydrogen-bond donors (Lipinski definition) is 1. The maximum Gasteiger partial charge on any atom is 0.416 e. The number of nitrogens with zero attached hydrogens (tertiary/aromatic N) is 2.